The van der Waals surface area contributed by atoms with Gasteiger partial charge in [0, 0.05) is 31.4 Å². The number of nitrogens with one attached hydrogen (secondary N) is 2. The molecule has 1 aromatic rings. The Kier molecular flexibility index (Phi) is 6.39. The third-order valence-electron chi connectivity index (χ3n) is 5.29. The highest BCUT2D eigenvalue weighted by Gasteiger charge is 2.27. The first kappa shape index (κ1) is 20.5. The highest BCUT2D eigenvalue weighted by molar-refractivity contribution is 7.89. The molecule has 0 unspecified atom stereocenters. The third kappa shape index (κ3) is 5.18. The minimum atomic E-state index is -3.53. The maximum absolute atomic E-state index is 12.4. The summed E-state index contributed by atoms with van der Waals surface area (Å²) in [5.41, 5.74) is 0. The second-order valence-electron chi connectivity index (χ2n) is 7.20. The minimum Gasteiger partial charge on any atom is -0.367 e. The van der Waals surface area contributed by atoms with Crippen molar-refractivity contribution in [2.75, 3.05) is 24.2 Å². The molecule has 8 nitrogen and oxygen atoms in total. The predicted molar refractivity (Wildman–Crippen MR) is 104 cm³/mol. The molecule has 0 aromatic carbocycles. The summed E-state index contributed by atoms with van der Waals surface area (Å²) in [4.78, 5) is 4.41. The molecule has 2 heterocycles. The van der Waals surface area contributed by atoms with Gasteiger partial charge in [0.1, 0.15) is 10.7 Å². The van der Waals surface area contributed by atoms with Gasteiger partial charge in [-0.3, -0.25) is 0 Å². The largest absolute Gasteiger partial charge is 0.367 e. The molecule has 0 radical (unpaired) electrons. The van der Waals surface area contributed by atoms with Gasteiger partial charge in [0.25, 0.3) is 0 Å². The molecule has 0 amide bonds. The van der Waals surface area contributed by atoms with Crippen molar-refractivity contribution < 1.29 is 16.8 Å². The van der Waals surface area contributed by atoms with E-state index in [9.17, 15) is 16.8 Å². The van der Waals surface area contributed by atoms with E-state index in [1.807, 2.05) is 0 Å². The van der Waals surface area contributed by atoms with Gasteiger partial charge >= 0.3 is 0 Å². The molecule has 1 saturated heterocycles. The van der Waals surface area contributed by atoms with E-state index in [4.69, 9.17) is 0 Å². The van der Waals surface area contributed by atoms with E-state index in [1.165, 1.54) is 10.5 Å². The molecule has 1 aromatic heterocycles. The topological polar surface area (TPSA) is 108 Å². The second-order valence-corrected chi connectivity index (χ2v) is 11.2. The number of nitrogens with zero attached hydrogens (tertiary/aromatic N) is 2. The van der Waals surface area contributed by atoms with Crippen molar-refractivity contribution in [1.29, 1.82) is 0 Å². The Morgan fingerprint density at radius 1 is 1.04 bits per heavy atom. The van der Waals surface area contributed by atoms with Crippen LogP contribution in [0.1, 0.15) is 45.4 Å². The van der Waals surface area contributed by atoms with Crippen LogP contribution in [0.25, 0.3) is 0 Å². The number of aromatic nitrogens is 1. The van der Waals surface area contributed by atoms with Gasteiger partial charge in [-0.25, -0.2) is 30.8 Å². The van der Waals surface area contributed by atoms with Crippen molar-refractivity contribution in [3.05, 3.63) is 18.3 Å². The van der Waals surface area contributed by atoms with Gasteiger partial charge in [-0.05, 0) is 44.7 Å². The number of rotatable bonds is 7. The molecule has 10 heteroatoms. The van der Waals surface area contributed by atoms with Gasteiger partial charge in [-0.2, -0.15) is 0 Å². The molecule has 3 rings (SSSR count). The van der Waals surface area contributed by atoms with Gasteiger partial charge in [-0.15, -0.1) is 0 Å². The summed E-state index contributed by atoms with van der Waals surface area (Å²) >= 11 is 0. The lowest BCUT2D eigenvalue weighted by Crippen LogP contribution is -2.43. The van der Waals surface area contributed by atoms with Gasteiger partial charge in [0.2, 0.25) is 20.0 Å². The lowest BCUT2D eigenvalue weighted by Gasteiger charge is -2.31. The van der Waals surface area contributed by atoms with E-state index in [2.05, 4.69) is 15.0 Å². The fraction of sp³-hybridized carbons (Fsp3) is 0.706. The Morgan fingerprint density at radius 3 is 2.26 bits per heavy atom. The van der Waals surface area contributed by atoms with E-state index in [0.29, 0.717) is 31.7 Å². The van der Waals surface area contributed by atoms with Gasteiger partial charge < -0.3 is 5.32 Å². The molecule has 2 N–H and O–H groups in total. The molecule has 27 heavy (non-hydrogen) atoms. The number of hydrogen-bond acceptors (Lipinski definition) is 6. The smallest absolute Gasteiger partial charge is 0.242 e. The summed E-state index contributed by atoms with van der Waals surface area (Å²) < 4.78 is 52.9. The molecule has 2 aliphatic rings. The van der Waals surface area contributed by atoms with Crippen LogP contribution in [0, 0.1) is 0 Å². The van der Waals surface area contributed by atoms with Crippen LogP contribution in [0.2, 0.25) is 0 Å². The Balaban J connectivity index is 1.55. The van der Waals surface area contributed by atoms with Crippen LogP contribution in [0.15, 0.2) is 23.2 Å². The third-order valence-corrected chi connectivity index (χ3v) is 8.68. The average Bonchev–Trinajstić information content (AvgIpc) is 3.15. The first-order valence-electron chi connectivity index (χ1n) is 9.53. The number of pyridine rings is 1. The van der Waals surface area contributed by atoms with E-state index >= 15 is 0 Å². The summed E-state index contributed by atoms with van der Waals surface area (Å²) in [6, 6.07) is 3.37. The molecule has 1 saturated carbocycles. The summed E-state index contributed by atoms with van der Waals surface area (Å²) in [5, 5.41) is 3.27. The molecule has 0 bridgehead atoms. The molecule has 0 spiro atoms. The number of piperidine rings is 1. The highest BCUT2D eigenvalue weighted by Crippen LogP contribution is 2.21. The van der Waals surface area contributed by atoms with Crippen LogP contribution in [0.4, 0.5) is 5.82 Å². The highest BCUT2D eigenvalue weighted by atomic mass is 32.2. The van der Waals surface area contributed by atoms with Gasteiger partial charge in [-0.1, -0.05) is 12.8 Å². The van der Waals surface area contributed by atoms with Crippen molar-refractivity contribution in [2.45, 2.75) is 62.4 Å². The van der Waals surface area contributed by atoms with Crippen molar-refractivity contribution in [2.24, 2.45) is 0 Å². The van der Waals surface area contributed by atoms with Crippen LogP contribution < -0.4 is 10.0 Å². The number of anilines is 1. The lowest BCUT2D eigenvalue weighted by atomic mass is 10.1. The van der Waals surface area contributed by atoms with E-state index in [-0.39, 0.29) is 22.7 Å². The quantitative estimate of drug-likeness (QED) is 0.698. The molecule has 2 fully saturated rings. The van der Waals surface area contributed by atoms with Gasteiger partial charge in [0.05, 0.1) is 5.75 Å². The zero-order valence-corrected chi connectivity index (χ0v) is 17.2. The van der Waals surface area contributed by atoms with Crippen molar-refractivity contribution in [1.82, 2.24) is 14.0 Å². The van der Waals surface area contributed by atoms with Crippen molar-refractivity contribution >= 4 is 25.9 Å². The van der Waals surface area contributed by atoms with E-state index in [0.717, 1.165) is 25.7 Å². The summed E-state index contributed by atoms with van der Waals surface area (Å²) in [6.07, 6.45) is 6.67. The van der Waals surface area contributed by atoms with Crippen molar-refractivity contribution in [3.8, 4) is 0 Å². The summed E-state index contributed by atoms with van der Waals surface area (Å²) in [5.74, 6) is 0.726. The average molecular weight is 417 g/mol. The maximum Gasteiger partial charge on any atom is 0.242 e. The predicted octanol–water partition coefficient (Wildman–Crippen LogP) is 1.53. The first-order chi connectivity index (χ1) is 12.8. The molecule has 1 aliphatic carbocycles. The maximum atomic E-state index is 12.4. The Hall–Kier alpha value is -1.23. The van der Waals surface area contributed by atoms with Gasteiger partial charge in [0.15, 0.2) is 0 Å². The van der Waals surface area contributed by atoms with E-state index < -0.39 is 20.0 Å². The SMILES string of the molecule is CCS(=O)(=O)N1CCC(Nc2ccc(S(=O)(=O)NC3CCCC3)cn2)CC1. The standard InChI is InChI=1S/C17H28N4O4S2/c1-2-26(22,23)21-11-9-14(10-12-21)19-17-8-7-16(13-18-17)27(24,25)20-15-5-3-4-6-15/h7-8,13-15,20H,2-6,9-12H2,1H3,(H,18,19). The molecular weight excluding hydrogens is 388 g/mol. The van der Waals surface area contributed by atoms with Crippen LogP contribution >= 0.6 is 0 Å². The number of hydrogen-bond donors (Lipinski definition) is 2. The molecule has 1 aliphatic heterocycles. The molecular formula is C17H28N4O4S2. The van der Waals surface area contributed by atoms with Crippen LogP contribution in [0.5, 0.6) is 0 Å². The minimum absolute atomic E-state index is 0.0254. The lowest BCUT2D eigenvalue weighted by molar-refractivity contribution is 0.330. The van der Waals surface area contributed by atoms with Crippen LogP contribution in [0.3, 0.4) is 0 Å². The first-order valence-corrected chi connectivity index (χ1v) is 12.6. The Morgan fingerprint density at radius 2 is 1.70 bits per heavy atom. The van der Waals surface area contributed by atoms with Crippen LogP contribution in [-0.4, -0.2) is 57.1 Å². The zero-order valence-electron chi connectivity index (χ0n) is 15.6. The van der Waals surface area contributed by atoms with Crippen molar-refractivity contribution in [3.63, 3.8) is 0 Å². The Labute approximate surface area is 161 Å². The molecule has 152 valence electrons. The zero-order chi connectivity index (χ0) is 19.5. The van der Waals surface area contributed by atoms with E-state index in [1.54, 1.807) is 19.1 Å². The monoisotopic (exact) mass is 416 g/mol. The number of sulfonamides is 2. The summed E-state index contributed by atoms with van der Waals surface area (Å²) in [7, 11) is -6.67. The Bertz CT molecular complexity index is 826. The fourth-order valence-corrected chi connectivity index (χ4v) is 6.01. The normalized spacial score (nSPS) is 20.8. The molecule has 0 atom stereocenters. The van der Waals surface area contributed by atoms with Crippen LogP contribution in [-0.2, 0) is 20.0 Å². The summed E-state index contributed by atoms with van der Waals surface area (Å²) in [6.45, 7) is 2.64. The fourth-order valence-electron chi connectivity index (χ4n) is 3.63. The second kappa shape index (κ2) is 8.42.